The zero-order valence-electron chi connectivity index (χ0n) is 10.3. The van der Waals surface area contributed by atoms with Crippen LogP contribution < -0.4 is 5.73 Å². The standard InChI is InChI=1S/C13H19NO2S/c1-9-3-6-13(10(2)7-9)17(15,16)12-5-4-11(14)8-12/h3,6-7,11-12H,4-5,8,14H2,1-2H3. The van der Waals surface area contributed by atoms with Crippen LogP contribution in [0.15, 0.2) is 23.1 Å². The second-order valence-corrected chi connectivity index (χ2v) is 7.21. The molecule has 2 N–H and O–H groups in total. The molecule has 0 bridgehead atoms. The molecule has 1 fully saturated rings. The lowest BCUT2D eigenvalue weighted by molar-refractivity contribution is 0.577. The van der Waals surface area contributed by atoms with Gasteiger partial charge in [-0.25, -0.2) is 8.42 Å². The van der Waals surface area contributed by atoms with Crippen LogP contribution >= 0.6 is 0 Å². The minimum absolute atomic E-state index is 0.0422. The monoisotopic (exact) mass is 253 g/mol. The maximum atomic E-state index is 12.5. The van der Waals surface area contributed by atoms with Gasteiger partial charge in [0, 0.05) is 6.04 Å². The summed E-state index contributed by atoms with van der Waals surface area (Å²) in [4.78, 5) is 0.474. The van der Waals surface area contributed by atoms with Crippen LogP contribution in [0.3, 0.4) is 0 Å². The van der Waals surface area contributed by atoms with E-state index < -0.39 is 9.84 Å². The summed E-state index contributed by atoms with van der Waals surface area (Å²) >= 11 is 0. The molecule has 2 rings (SSSR count). The predicted molar refractivity (Wildman–Crippen MR) is 68.7 cm³/mol. The van der Waals surface area contributed by atoms with E-state index >= 15 is 0 Å². The van der Waals surface area contributed by atoms with Gasteiger partial charge in [0.15, 0.2) is 9.84 Å². The van der Waals surface area contributed by atoms with Crippen molar-refractivity contribution in [3.8, 4) is 0 Å². The summed E-state index contributed by atoms with van der Waals surface area (Å²) in [6.45, 7) is 3.82. The third-order valence-corrected chi connectivity index (χ3v) is 5.88. The second-order valence-electron chi connectivity index (χ2n) is 5.01. The van der Waals surface area contributed by atoms with Gasteiger partial charge in [0.2, 0.25) is 0 Å². The molecule has 0 saturated heterocycles. The summed E-state index contributed by atoms with van der Waals surface area (Å²) in [5, 5.41) is -0.293. The number of nitrogens with two attached hydrogens (primary N) is 1. The first-order valence-electron chi connectivity index (χ1n) is 5.98. The van der Waals surface area contributed by atoms with E-state index in [0.717, 1.165) is 17.5 Å². The highest BCUT2D eigenvalue weighted by molar-refractivity contribution is 7.92. The van der Waals surface area contributed by atoms with Crippen molar-refractivity contribution in [3.63, 3.8) is 0 Å². The van der Waals surface area contributed by atoms with E-state index in [4.69, 9.17) is 5.73 Å². The molecule has 0 amide bonds. The normalized spacial score (nSPS) is 25.1. The van der Waals surface area contributed by atoms with Crippen molar-refractivity contribution in [2.75, 3.05) is 0 Å². The van der Waals surface area contributed by atoms with Crippen LogP contribution in [0.1, 0.15) is 30.4 Å². The van der Waals surface area contributed by atoms with Crippen LogP contribution in [0, 0.1) is 13.8 Å². The molecule has 94 valence electrons. The number of hydrogen-bond acceptors (Lipinski definition) is 3. The first kappa shape index (κ1) is 12.6. The summed E-state index contributed by atoms with van der Waals surface area (Å²) in [6, 6.07) is 5.54. The van der Waals surface area contributed by atoms with E-state index in [-0.39, 0.29) is 11.3 Å². The average molecular weight is 253 g/mol. The zero-order chi connectivity index (χ0) is 12.6. The number of hydrogen-bond donors (Lipinski definition) is 1. The highest BCUT2D eigenvalue weighted by Gasteiger charge is 2.34. The lowest BCUT2D eigenvalue weighted by atomic mass is 10.2. The van der Waals surface area contributed by atoms with E-state index in [1.165, 1.54) is 0 Å². The van der Waals surface area contributed by atoms with Gasteiger partial charge in [-0.1, -0.05) is 17.7 Å². The number of aryl methyl sites for hydroxylation is 2. The Morgan fingerprint density at radius 2 is 1.94 bits per heavy atom. The smallest absolute Gasteiger partial charge is 0.181 e. The zero-order valence-corrected chi connectivity index (χ0v) is 11.1. The molecule has 2 unspecified atom stereocenters. The quantitative estimate of drug-likeness (QED) is 0.876. The van der Waals surface area contributed by atoms with Crippen molar-refractivity contribution in [2.24, 2.45) is 5.73 Å². The molecule has 3 nitrogen and oxygen atoms in total. The van der Waals surface area contributed by atoms with E-state index in [0.29, 0.717) is 17.7 Å². The topological polar surface area (TPSA) is 60.2 Å². The Bertz CT molecular complexity index is 522. The van der Waals surface area contributed by atoms with Crippen LogP contribution in [0.25, 0.3) is 0 Å². The molecule has 1 aliphatic rings. The lowest BCUT2D eigenvalue weighted by Crippen LogP contribution is -2.22. The van der Waals surface area contributed by atoms with Gasteiger partial charge in [-0.3, -0.25) is 0 Å². The molecule has 1 aromatic carbocycles. The van der Waals surface area contributed by atoms with Gasteiger partial charge in [0.25, 0.3) is 0 Å². The van der Waals surface area contributed by atoms with Crippen molar-refractivity contribution in [1.82, 2.24) is 0 Å². The van der Waals surface area contributed by atoms with E-state index in [9.17, 15) is 8.42 Å². The van der Waals surface area contributed by atoms with Crippen LogP contribution in [0.4, 0.5) is 0 Å². The first-order chi connectivity index (χ1) is 7.91. The summed E-state index contributed by atoms with van der Waals surface area (Å²) in [5.74, 6) is 0. The number of benzene rings is 1. The van der Waals surface area contributed by atoms with Crippen molar-refractivity contribution < 1.29 is 8.42 Å². The third kappa shape index (κ3) is 2.38. The Morgan fingerprint density at radius 3 is 2.47 bits per heavy atom. The Hall–Kier alpha value is -0.870. The largest absolute Gasteiger partial charge is 0.328 e. The number of sulfone groups is 1. The van der Waals surface area contributed by atoms with Crippen molar-refractivity contribution in [2.45, 2.75) is 49.3 Å². The van der Waals surface area contributed by atoms with Crippen LogP contribution in [-0.2, 0) is 9.84 Å². The molecule has 0 aromatic heterocycles. The Kier molecular flexibility index (Phi) is 3.27. The molecule has 1 aliphatic carbocycles. The highest BCUT2D eigenvalue weighted by Crippen LogP contribution is 2.30. The molecular weight excluding hydrogens is 234 g/mol. The molecule has 0 radical (unpaired) electrons. The molecule has 0 aliphatic heterocycles. The summed E-state index contributed by atoms with van der Waals surface area (Å²) in [6.07, 6.45) is 2.10. The molecule has 2 atom stereocenters. The van der Waals surface area contributed by atoms with Gasteiger partial charge in [-0.05, 0) is 44.7 Å². The lowest BCUT2D eigenvalue weighted by Gasteiger charge is -2.14. The first-order valence-corrected chi connectivity index (χ1v) is 7.52. The fourth-order valence-electron chi connectivity index (χ4n) is 2.55. The summed E-state index contributed by atoms with van der Waals surface area (Å²) in [7, 11) is -3.20. The Balaban J connectivity index is 2.38. The Morgan fingerprint density at radius 1 is 1.24 bits per heavy atom. The average Bonchev–Trinajstić information content (AvgIpc) is 2.64. The molecule has 1 saturated carbocycles. The van der Waals surface area contributed by atoms with Crippen LogP contribution in [0.5, 0.6) is 0 Å². The van der Waals surface area contributed by atoms with Gasteiger partial charge in [-0.15, -0.1) is 0 Å². The minimum atomic E-state index is -3.20. The SMILES string of the molecule is Cc1ccc(S(=O)(=O)C2CCC(N)C2)c(C)c1. The maximum absolute atomic E-state index is 12.5. The van der Waals surface area contributed by atoms with Crippen LogP contribution in [0.2, 0.25) is 0 Å². The predicted octanol–water partition coefficient (Wildman–Crippen LogP) is 1.96. The van der Waals surface area contributed by atoms with Gasteiger partial charge in [0.05, 0.1) is 10.1 Å². The highest BCUT2D eigenvalue weighted by atomic mass is 32.2. The molecular formula is C13H19NO2S. The van der Waals surface area contributed by atoms with Gasteiger partial charge in [-0.2, -0.15) is 0 Å². The second kappa shape index (κ2) is 4.42. The van der Waals surface area contributed by atoms with Gasteiger partial charge >= 0.3 is 0 Å². The molecule has 0 spiro atoms. The third-order valence-electron chi connectivity index (χ3n) is 3.50. The van der Waals surface area contributed by atoms with Gasteiger partial charge < -0.3 is 5.73 Å². The maximum Gasteiger partial charge on any atom is 0.181 e. The fourth-order valence-corrected chi connectivity index (χ4v) is 4.62. The fraction of sp³-hybridized carbons (Fsp3) is 0.538. The molecule has 0 heterocycles. The van der Waals surface area contributed by atoms with Crippen molar-refractivity contribution >= 4 is 9.84 Å². The molecule has 1 aromatic rings. The van der Waals surface area contributed by atoms with Crippen molar-refractivity contribution in [1.29, 1.82) is 0 Å². The van der Waals surface area contributed by atoms with Crippen LogP contribution in [-0.4, -0.2) is 19.7 Å². The van der Waals surface area contributed by atoms with Crippen molar-refractivity contribution in [3.05, 3.63) is 29.3 Å². The summed E-state index contributed by atoms with van der Waals surface area (Å²) < 4.78 is 24.9. The minimum Gasteiger partial charge on any atom is -0.328 e. The van der Waals surface area contributed by atoms with E-state index in [1.807, 2.05) is 26.0 Å². The number of rotatable bonds is 2. The van der Waals surface area contributed by atoms with Gasteiger partial charge in [0.1, 0.15) is 0 Å². The van der Waals surface area contributed by atoms with E-state index in [2.05, 4.69) is 0 Å². The Labute approximate surface area is 103 Å². The molecule has 17 heavy (non-hydrogen) atoms. The van der Waals surface area contributed by atoms with E-state index in [1.54, 1.807) is 6.07 Å². The molecule has 4 heteroatoms. The summed E-state index contributed by atoms with van der Waals surface area (Å²) in [5.41, 5.74) is 7.72.